The lowest BCUT2D eigenvalue weighted by Crippen LogP contribution is -2.38. The molecule has 0 aliphatic rings. The summed E-state index contributed by atoms with van der Waals surface area (Å²) in [5, 5.41) is 1.87. The van der Waals surface area contributed by atoms with Crippen molar-refractivity contribution in [1.82, 2.24) is 9.97 Å². The van der Waals surface area contributed by atoms with Crippen LogP contribution in [0.1, 0.15) is 26.5 Å². The zero-order chi connectivity index (χ0) is 17.7. The lowest BCUT2D eigenvalue weighted by molar-refractivity contribution is -0.121. The largest absolute Gasteiger partial charge is 0.302 e. The van der Waals surface area contributed by atoms with Gasteiger partial charge in [0.2, 0.25) is 5.91 Å². The molecule has 24 heavy (non-hydrogen) atoms. The van der Waals surface area contributed by atoms with Gasteiger partial charge in [0.05, 0.1) is 5.69 Å². The first-order valence-electron chi connectivity index (χ1n) is 8.12. The summed E-state index contributed by atoms with van der Waals surface area (Å²) in [5.41, 5.74) is 1.90. The minimum absolute atomic E-state index is 0.00194. The van der Waals surface area contributed by atoms with Gasteiger partial charge in [-0.05, 0) is 31.2 Å². The number of amides is 1. The quantitative estimate of drug-likeness (QED) is 0.726. The number of thioether (sulfide) groups is 1. The highest BCUT2D eigenvalue weighted by molar-refractivity contribution is 7.98. The van der Waals surface area contributed by atoms with Crippen molar-refractivity contribution in [2.75, 3.05) is 23.5 Å². The Kier molecular flexibility index (Phi) is 6.80. The molecule has 0 radical (unpaired) electrons. The van der Waals surface area contributed by atoms with E-state index in [1.807, 2.05) is 43.3 Å². The highest BCUT2D eigenvalue weighted by atomic mass is 32.2. The summed E-state index contributed by atoms with van der Waals surface area (Å²) in [7, 11) is 0. The number of hydrogen-bond donors (Lipinski definition) is 0. The third kappa shape index (κ3) is 4.57. The van der Waals surface area contributed by atoms with Crippen LogP contribution in [0.25, 0.3) is 10.6 Å². The Balaban J connectivity index is 2.36. The van der Waals surface area contributed by atoms with E-state index >= 15 is 0 Å². The van der Waals surface area contributed by atoms with Crippen molar-refractivity contribution in [3.8, 4) is 10.6 Å². The molecule has 2 heterocycles. The summed E-state index contributed by atoms with van der Waals surface area (Å²) >= 11 is 3.28. The minimum Gasteiger partial charge on any atom is -0.302 e. The van der Waals surface area contributed by atoms with E-state index in [1.165, 1.54) is 0 Å². The number of aryl methyl sites for hydroxylation is 1. The van der Waals surface area contributed by atoms with E-state index in [0.717, 1.165) is 27.0 Å². The maximum atomic E-state index is 12.9. The lowest BCUT2D eigenvalue weighted by atomic mass is 10.1. The van der Waals surface area contributed by atoms with E-state index < -0.39 is 0 Å². The maximum absolute atomic E-state index is 12.9. The van der Waals surface area contributed by atoms with Gasteiger partial charge in [-0.1, -0.05) is 32.1 Å². The summed E-state index contributed by atoms with van der Waals surface area (Å²) < 4.78 is 0. The first-order chi connectivity index (χ1) is 11.4. The Morgan fingerprint density at radius 2 is 2.12 bits per heavy atom. The monoisotopic (exact) mass is 363 g/mol. The second-order valence-corrected chi connectivity index (χ2v) is 8.24. The molecule has 1 amide bonds. The molecule has 2 aromatic rings. The number of aromatic nitrogens is 2. The smallest absolute Gasteiger partial charge is 0.231 e. The average molecular weight is 364 g/mol. The van der Waals surface area contributed by atoms with Crippen LogP contribution in [-0.4, -0.2) is 34.4 Å². The Bertz CT molecular complexity index is 670. The van der Waals surface area contributed by atoms with Gasteiger partial charge in [0.25, 0.3) is 0 Å². The molecule has 1 unspecified atom stereocenters. The van der Waals surface area contributed by atoms with Gasteiger partial charge >= 0.3 is 0 Å². The average Bonchev–Trinajstić information content (AvgIpc) is 2.94. The topological polar surface area (TPSA) is 46.1 Å². The van der Waals surface area contributed by atoms with E-state index in [4.69, 9.17) is 0 Å². The molecule has 2 rings (SSSR count). The van der Waals surface area contributed by atoms with Gasteiger partial charge in [-0.25, -0.2) is 4.98 Å². The van der Waals surface area contributed by atoms with E-state index in [1.54, 1.807) is 29.3 Å². The van der Waals surface area contributed by atoms with E-state index in [9.17, 15) is 4.79 Å². The highest BCUT2D eigenvalue weighted by Gasteiger charge is 2.26. The van der Waals surface area contributed by atoms with Crippen molar-refractivity contribution in [3.05, 3.63) is 30.2 Å². The number of rotatable bonds is 7. The van der Waals surface area contributed by atoms with Crippen molar-refractivity contribution < 1.29 is 4.79 Å². The summed E-state index contributed by atoms with van der Waals surface area (Å²) in [4.78, 5) is 23.7. The van der Waals surface area contributed by atoms with E-state index in [0.29, 0.717) is 12.5 Å². The Morgan fingerprint density at radius 3 is 2.71 bits per heavy atom. The molecular weight excluding hydrogens is 338 g/mol. The zero-order valence-electron chi connectivity index (χ0n) is 14.9. The van der Waals surface area contributed by atoms with Gasteiger partial charge < -0.3 is 4.90 Å². The van der Waals surface area contributed by atoms with Crippen LogP contribution in [0.2, 0.25) is 0 Å². The van der Waals surface area contributed by atoms with Crippen LogP contribution in [-0.2, 0) is 4.79 Å². The van der Waals surface area contributed by atoms with Crippen LogP contribution in [0.15, 0.2) is 24.5 Å². The van der Waals surface area contributed by atoms with Crippen LogP contribution in [0.5, 0.6) is 0 Å². The Morgan fingerprint density at radius 1 is 1.38 bits per heavy atom. The van der Waals surface area contributed by atoms with Gasteiger partial charge in [0.15, 0.2) is 0 Å². The van der Waals surface area contributed by atoms with Gasteiger partial charge in [-0.15, -0.1) is 0 Å². The maximum Gasteiger partial charge on any atom is 0.231 e. The molecule has 0 saturated carbocycles. The second-order valence-electron chi connectivity index (χ2n) is 6.35. The number of anilines is 1. The predicted octanol–water partition coefficient (Wildman–Crippen LogP) is 4.50. The normalized spacial score (nSPS) is 12.4. The molecule has 0 aliphatic heterocycles. The number of pyridine rings is 1. The van der Waals surface area contributed by atoms with Crippen molar-refractivity contribution in [1.29, 1.82) is 0 Å². The second kappa shape index (κ2) is 8.62. The molecule has 1 atom stereocenters. The number of carbonyl (C=O) groups is 1. The third-order valence-corrected chi connectivity index (χ3v) is 5.64. The highest BCUT2D eigenvalue weighted by Crippen LogP contribution is 2.35. The first-order valence-corrected chi connectivity index (χ1v) is 10.3. The fraction of sp³-hybridized carbons (Fsp3) is 0.500. The summed E-state index contributed by atoms with van der Waals surface area (Å²) in [6.07, 6.45) is 5.60. The lowest BCUT2D eigenvalue weighted by Gasteiger charge is -2.26. The van der Waals surface area contributed by atoms with Crippen LogP contribution < -0.4 is 4.90 Å². The fourth-order valence-corrected chi connectivity index (χ4v) is 4.19. The van der Waals surface area contributed by atoms with Crippen LogP contribution in [0, 0.1) is 18.8 Å². The van der Waals surface area contributed by atoms with Crippen molar-refractivity contribution in [3.63, 3.8) is 0 Å². The van der Waals surface area contributed by atoms with Gasteiger partial charge in [0.1, 0.15) is 10.0 Å². The molecule has 0 N–H and O–H groups in total. The summed E-state index contributed by atoms with van der Waals surface area (Å²) in [6.45, 7) is 8.97. The van der Waals surface area contributed by atoms with E-state index in [2.05, 4.69) is 23.8 Å². The minimum atomic E-state index is 0.00194. The summed E-state index contributed by atoms with van der Waals surface area (Å²) in [6, 6.07) is 3.91. The standard InChI is InChI=1S/C18H25N3OS2/c1-12(2)10-21(17(22)13(3)11-23-5)18-14(4)20-16(24-18)15-7-6-8-19-9-15/h6-9,12-13H,10-11H2,1-5H3. The zero-order valence-corrected chi connectivity index (χ0v) is 16.6. The molecular formula is C18H25N3OS2. The molecule has 2 aromatic heterocycles. The molecule has 130 valence electrons. The molecule has 0 fully saturated rings. The molecule has 0 saturated heterocycles. The number of thiazole rings is 1. The molecule has 0 aromatic carbocycles. The fourth-order valence-electron chi connectivity index (χ4n) is 2.48. The molecule has 0 spiro atoms. The number of carbonyl (C=O) groups excluding carboxylic acids is 1. The van der Waals surface area contributed by atoms with Crippen molar-refractivity contribution in [2.24, 2.45) is 11.8 Å². The van der Waals surface area contributed by atoms with Crippen LogP contribution >= 0.6 is 23.1 Å². The Labute approximate surface area is 152 Å². The molecule has 4 nitrogen and oxygen atoms in total. The number of nitrogens with zero attached hydrogens (tertiary/aromatic N) is 3. The molecule has 0 bridgehead atoms. The SMILES string of the molecule is CSCC(C)C(=O)N(CC(C)C)c1sc(-c2cccnc2)nc1C. The van der Waals surface area contributed by atoms with Crippen molar-refractivity contribution >= 4 is 34.0 Å². The number of hydrogen-bond acceptors (Lipinski definition) is 5. The first kappa shape index (κ1) is 18.9. The van der Waals surface area contributed by atoms with Gasteiger partial charge in [-0.2, -0.15) is 11.8 Å². The van der Waals surface area contributed by atoms with Gasteiger partial charge in [-0.3, -0.25) is 9.78 Å². The molecule has 6 heteroatoms. The Hall–Kier alpha value is -1.40. The predicted molar refractivity (Wildman–Crippen MR) is 105 cm³/mol. The van der Waals surface area contributed by atoms with Crippen molar-refractivity contribution in [2.45, 2.75) is 27.7 Å². The van der Waals surface area contributed by atoms with Gasteiger partial charge in [0, 0.05) is 36.2 Å². The van der Waals surface area contributed by atoms with E-state index in [-0.39, 0.29) is 11.8 Å². The third-order valence-electron chi connectivity index (χ3n) is 3.58. The summed E-state index contributed by atoms with van der Waals surface area (Å²) in [5.74, 6) is 1.42. The van der Waals surface area contributed by atoms with Crippen LogP contribution in [0.3, 0.4) is 0 Å². The molecule has 0 aliphatic carbocycles. The van der Waals surface area contributed by atoms with Crippen LogP contribution in [0.4, 0.5) is 5.00 Å².